The molecule has 0 saturated carbocycles. The highest BCUT2D eigenvalue weighted by Crippen LogP contribution is 2.37. The molecule has 0 saturated heterocycles. The number of rotatable bonds is 6. The van der Waals surface area contributed by atoms with Crippen molar-refractivity contribution in [3.8, 4) is 22.4 Å². The summed E-state index contributed by atoms with van der Waals surface area (Å²) in [6.45, 7) is 2.05. The van der Waals surface area contributed by atoms with Crippen LogP contribution in [-0.4, -0.2) is 22.8 Å². The van der Waals surface area contributed by atoms with Crippen LogP contribution >= 0.6 is 22.6 Å². The van der Waals surface area contributed by atoms with Crippen LogP contribution in [0.2, 0.25) is 0 Å². The van der Waals surface area contributed by atoms with Gasteiger partial charge in [-0.3, -0.25) is 0 Å². The third-order valence-electron chi connectivity index (χ3n) is 4.67. The molecule has 0 aliphatic carbocycles. The van der Waals surface area contributed by atoms with Crippen LogP contribution in [0.4, 0.5) is 11.5 Å². The van der Waals surface area contributed by atoms with Crippen molar-refractivity contribution in [1.29, 1.82) is 0 Å². The SMILES string of the molecule is CCOC(=O)c1c(Nc2ccc(I)cc2)nnc(-c2ccccc2)c1-c1ccccc1. The number of nitrogens with one attached hydrogen (secondary N) is 1. The van der Waals surface area contributed by atoms with Crippen molar-refractivity contribution in [3.05, 3.63) is 94.1 Å². The van der Waals surface area contributed by atoms with E-state index in [1.807, 2.05) is 84.9 Å². The lowest BCUT2D eigenvalue weighted by atomic mass is 9.95. The zero-order valence-corrected chi connectivity index (χ0v) is 19.0. The fourth-order valence-electron chi connectivity index (χ4n) is 3.28. The molecular weight excluding hydrogens is 501 g/mol. The maximum Gasteiger partial charge on any atom is 0.342 e. The average Bonchev–Trinajstić information content (AvgIpc) is 2.81. The fraction of sp³-hybridized carbons (Fsp3) is 0.0800. The summed E-state index contributed by atoms with van der Waals surface area (Å²) in [5, 5.41) is 12.2. The van der Waals surface area contributed by atoms with Crippen molar-refractivity contribution < 1.29 is 9.53 Å². The van der Waals surface area contributed by atoms with Crippen LogP contribution in [0, 0.1) is 3.57 Å². The molecule has 0 bridgehead atoms. The first-order valence-electron chi connectivity index (χ1n) is 9.88. The Morgan fingerprint density at radius 3 is 2.10 bits per heavy atom. The van der Waals surface area contributed by atoms with Crippen LogP contribution in [-0.2, 0) is 4.74 Å². The molecule has 4 rings (SSSR count). The van der Waals surface area contributed by atoms with Gasteiger partial charge in [0.2, 0.25) is 0 Å². The van der Waals surface area contributed by atoms with Crippen LogP contribution in [0.1, 0.15) is 17.3 Å². The molecule has 31 heavy (non-hydrogen) atoms. The fourth-order valence-corrected chi connectivity index (χ4v) is 3.64. The Balaban J connectivity index is 1.96. The molecule has 3 aromatic carbocycles. The molecule has 4 aromatic rings. The summed E-state index contributed by atoms with van der Waals surface area (Å²) in [4.78, 5) is 13.2. The van der Waals surface area contributed by atoms with Gasteiger partial charge in [-0.1, -0.05) is 60.7 Å². The second-order valence-corrected chi connectivity index (χ2v) is 7.98. The standard InChI is InChI=1S/C25H20IN3O2/c1-2-31-25(30)22-21(17-9-5-3-6-10-17)23(18-11-7-4-8-12-18)28-29-24(22)27-20-15-13-19(26)14-16-20/h3-16H,2H2,1H3,(H,27,29). The van der Waals surface area contributed by atoms with Gasteiger partial charge in [-0.2, -0.15) is 0 Å². The van der Waals surface area contributed by atoms with Gasteiger partial charge in [0.1, 0.15) is 11.3 Å². The van der Waals surface area contributed by atoms with Crippen molar-refractivity contribution in [2.45, 2.75) is 6.92 Å². The highest BCUT2D eigenvalue weighted by molar-refractivity contribution is 14.1. The molecule has 1 N–H and O–H groups in total. The molecule has 1 heterocycles. The van der Waals surface area contributed by atoms with Gasteiger partial charge in [-0.05, 0) is 59.3 Å². The van der Waals surface area contributed by atoms with Crippen LogP contribution in [0.3, 0.4) is 0 Å². The summed E-state index contributed by atoms with van der Waals surface area (Å²) in [7, 11) is 0. The number of benzene rings is 3. The highest BCUT2D eigenvalue weighted by Gasteiger charge is 2.25. The summed E-state index contributed by atoms with van der Waals surface area (Å²) in [6, 6.07) is 27.3. The van der Waals surface area contributed by atoms with E-state index < -0.39 is 5.97 Å². The van der Waals surface area contributed by atoms with E-state index in [0.29, 0.717) is 22.6 Å². The first-order chi connectivity index (χ1) is 15.2. The first-order valence-corrected chi connectivity index (χ1v) is 11.0. The second kappa shape index (κ2) is 9.70. The monoisotopic (exact) mass is 521 g/mol. The van der Waals surface area contributed by atoms with Gasteiger partial charge in [-0.25, -0.2) is 4.79 Å². The van der Waals surface area contributed by atoms with Crippen LogP contribution in [0.25, 0.3) is 22.4 Å². The Labute approximate surface area is 194 Å². The highest BCUT2D eigenvalue weighted by atomic mass is 127. The van der Waals surface area contributed by atoms with E-state index in [4.69, 9.17) is 4.74 Å². The molecule has 0 aliphatic heterocycles. The lowest BCUT2D eigenvalue weighted by Crippen LogP contribution is -2.13. The number of esters is 1. The predicted molar refractivity (Wildman–Crippen MR) is 131 cm³/mol. The zero-order chi connectivity index (χ0) is 21.6. The van der Waals surface area contributed by atoms with Crippen molar-refractivity contribution >= 4 is 40.1 Å². The van der Waals surface area contributed by atoms with Gasteiger partial charge in [0.25, 0.3) is 0 Å². The summed E-state index contributed by atoms with van der Waals surface area (Å²) in [6.07, 6.45) is 0. The molecule has 0 amide bonds. The number of aromatic nitrogens is 2. The van der Waals surface area contributed by atoms with Gasteiger partial charge in [0.15, 0.2) is 5.82 Å². The van der Waals surface area contributed by atoms with Gasteiger partial charge in [0, 0.05) is 20.4 Å². The number of halogens is 1. The third kappa shape index (κ3) is 4.74. The maximum atomic E-state index is 13.2. The molecule has 5 nitrogen and oxygen atoms in total. The van der Waals surface area contributed by atoms with E-state index in [2.05, 4.69) is 38.1 Å². The summed E-state index contributed by atoms with van der Waals surface area (Å²) in [5.41, 5.74) is 4.23. The predicted octanol–water partition coefficient (Wildman–Crippen LogP) is 6.34. The van der Waals surface area contributed by atoms with Crippen molar-refractivity contribution in [1.82, 2.24) is 10.2 Å². The molecule has 0 aliphatic rings. The summed E-state index contributed by atoms with van der Waals surface area (Å²) < 4.78 is 6.55. The molecule has 0 unspecified atom stereocenters. The molecule has 154 valence electrons. The molecule has 0 radical (unpaired) electrons. The van der Waals surface area contributed by atoms with E-state index in [1.165, 1.54) is 0 Å². The van der Waals surface area contributed by atoms with Gasteiger partial charge in [0.05, 0.1) is 6.61 Å². The lowest BCUT2D eigenvalue weighted by molar-refractivity contribution is 0.0528. The van der Waals surface area contributed by atoms with E-state index in [1.54, 1.807) is 6.92 Å². The van der Waals surface area contributed by atoms with Gasteiger partial charge in [-0.15, -0.1) is 10.2 Å². The molecular formula is C25H20IN3O2. The molecule has 0 fully saturated rings. The van der Waals surface area contributed by atoms with Crippen LogP contribution < -0.4 is 5.32 Å². The van der Waals surface area contributed by atoms with Crippen molar-refractivity contribution in [2.75, 3.05) is 11.9 Å². The minimum Gasteiger partial charge on any atom is -0.462 e. The topological polar surface area (TPSA) is 64.1 Å². The Morgan fingerprint density at radius 1 is 0.871 bits per heavy atom. The number of hydrogen-bond acceptors (Lipinski definition) is 5. The van der Waals surface area contributed by atoms with Gasteiger partial charge >= 0.3 is 5.97 Å². The number of ether oxygens (including phenoxy) is 1. The lowest BCUT2D eigenvalue weighted by Gasteiger charge is -2.17. The number of carbonyl (C=O) groups is 1. The Kier molecular flexibility index (Phi) is 6.57. The van der Waals surface area contributed by atoms with Crippen LogP contribution in [0.15, 0.2) is 84.9 Å². The Morgan fingerprint density at radius 2 is 1.48 bits per heavy atom. The Bertz CT molecular complexity index is 1180. The third-order valence-corrected chi connectivity index (χ3v) is 5.39. The largest absolute Gasteiger partial charge is 0.462 e. The van der Waals surface area contributed by atoms with E-state index in [-0.39, 0.29) is 6.61 Å². The number of carbonyl (C=O) groups excluding carboxylic acids is 1. The normalized spacial score (nSPS) is 10.5. The smallest absolute Gasteiger partial charge is 0.342 e. The van der Waals surface area contributed by atoms with E-state index >= 15 is 0 Å². The quantitative estimate of drug-likeness (QED) is 0.237. The van der Waals surface area contributed by atoms with Crippen molar-refractivity contribution in [3.63, 3.8) is 0 Å². The van der Waals surface area contributed by atoms with E-state index in [0.717, 1.165) is 20.4 Å². The first kappa shape index (κ1) is 21.0. The summed E-state index contributed by atoms with van der Waals surface area (Å²) >= 11 is 2.25. The number of anilines is 2. The minimum atomic E-state index is -0.443. The minimum absolute atomic E-state index is 0.263. The molecule has 0 spiro atoms. The maximum absolute atomic E-state index is 13.2. The number of nitrogens with zero attached hydrogens (tertiary/aromatic N) is 2. The zero-order valence-electron chi connectivity index (χ0n) is 16.9. The van der Waals surface area contributed by atoms with Gasteiger partial charge < -0.3 is 10.1 Å². The van der Waals surface area contributed by atoms with Crippen LogP contribution in [0.5, 0.6) is 0 Å². The average molecular weight is 521 g/mol. The molecule has 1 aromatic heterocycles. The number of hydrogen-bond donors (Lipinski definition) is 1. The van der Waals surface area contributed by atoms with Crippen molar-refractivity contribution in [2.24, 2.45) is 0 Å². The molecule has 6 heteroatoms. The second-order valence-electron chi connectivity index (χ2n) is 6.73. The summed E-state index contributed by atoms with van der Waals surface area (Å²) in [5.74, 6) is -0.0837. The Hall–Kier alpha value is -3.26. The van der Waals surface area contributed by atoms with E-state index in [9.17, 15) is 4.79 Å². The molecule has 0 atom stereocenters.